The smallest absolute Gasteiger partial charge is 0.400 e. The normalized spacial score (nSPS) is 20.5. The number of rotatable bonds is 4. The Labute approximate surface area is 132 Å². The van der Waals surface area contributed by atoms with E-state index < -0.39 is 10.0 Å². The first-order chi connectivity index (χ1) is 9.98. The molecule has 1 saturated heterocycles. The topological polar surface area (TPSA) is 64.6 Å². The summed E-state index contributed by atoms with van der Waals surface area (Å²) < 4.78 is 36.5. The molecule has 0 aromatic heterocycles. The molecular formula is C15H22BNO4S. The van der Waals surface area contributed by atoms with Crippen LogP contribution in [0, 0.1) is 0 Å². The maximum atomic E-state index is 11.1. The molecule has 0 unspecified atom stereocenters. The molecule has 22 heavy (non-hydrogen) atoms. The molecule has 1 aromatic carbocycles. The Balaban J connectivity index is 2.03. The molecule has 1 heterocycles. The van der Waals surface area contributed by atoms with E-state index in [1.807, 2.05) is 51.9 Å². The average Bonchev–Trinajstić information content (AvgIpc) is 2.55. The van der Waals surface area contributed by atoms with E-state index in [9.17, 15) is 8.42 Å². The Hall–Kier alpha value is -1.31. The van der Waals surface area contributed by atoms with Crippen LogP contribution in [0.25, 0.3) is 6.08 Å². The minimum Gasteiger partial charge on any atom is -0.400 e. The SMILES string of the molecule is CC1(C)OB(/C=C/c2ccc(NS(C)(=O)=O)cc2)OC1(C)C. The van der Waals surface area contributed by atoms with E-state index in [-0.39, 0.29) is 18.3 Å². The van der Waals surface area contributed by atoms with Gasteiger partial charge in [0.1, 0.15) is 0 Å². The van der Waals surface area contributed by atoms with Gasteiger partial charge in [0.05, 0.1) is 17.5 Å². The van der Waals surface area contributed by atoms with Crippen LogP contribution in [0.3, 0.4) is 0 Å². The summed E-state index contributed by atoms with van der Waals surface area (Å²) >= 11 is 0. The highest BCUT2D eigenvalue weighted by Crippen LogP contribution is 2.37. The van der Waals surface area contributed by atoms with Crippen LogP contribution in [0.5, 0.6) is 0 Å². The standard InChI is InChI=1S/C15H22BNO4S/c1-14(2)15(3,4)21-16(20-14)11-10-12-6-8-13(9-7-12)17-22(5,18)19/h6-11,17H,1-5H3/b11-10+. The van der Waals surface area contributed by atoms with Gasteiger partial charge in [0.15, 0.2) is 0 Å². The second-order valence-electron chi connectivity index (χ2n) is 6.48. The molecule has 0 atom stereocenters. The third-order valence-electron chi connectivity index (χ3n) is 3.93. The van der Waals surface area contributed by atoms with E-state index >= 15 is 0 Å². The highest BCUT2D eigenvalue weighted by molar-refractivity contribution is 7.92. The van der Waals surface area contributed by atoms with Gasteiger partial charge in [0.2, 0.25) is 10.0 Å². The Kier molecular flexibility index (Phi) is 4.43. The van der Waals surface area contributed by atoms with Gasteiger partial charge in [0, 0.05) is 5.69 Å². The molecule has 0 amide bonds. The zero-order valence-electron chi connectivity index (χ0n) is 13.6. The quantitative estimate of drug-likeness (QED) is 0.865. The lowest BCUT2D eigenvalue weighted by molar-refractivity contribution is 0.00578. The van der Waals surface area contributed by atoms with E-state index in [0.717, 1.165) is 11.8 Å². The van der Waals surface area contributed by atoms with Crippen LogP contribution in [-0.4, -0.2) is 33.0 Å². The molecule has 1 aliphatic heterocycles. The number of nitrogens with one attached hydrogen (secondary N) is 1. The maximum Gasteiger partial charge on any atom is 0.487 e. The highest BCUT2D eigenvalue weighted by atomic mass is 32.2. The Morgan fingerprint density at radius 2 is 1.55 bits per heavy atom. The second-order valence-corrected chi connectivity index (χ2v) is 8.23. The number of sulfonamides is 1. The summed E-state index contributed by atoms with van der Waals surface area (Å²) in [6.45, 7) is 8.03. The van der Waals surface area contributed by atoms with E-state index in [1.54, 1.807) is 12.1 Å². The van der Waals surface area contributed by atoms with E-state index in [4.69, 9.17) is 9.31 Å². The van der Waals surface area contributed by atoms with Gasteiger partial charge >= 0.3 is 7.12 Å². The Morgan fingerprint density at radius 1 is 1.05 bits per heavy atom. The monoisotopic (exact) mass is 323 g/mol. The molecule has 7 heteroatoms. The summed E-state index contributed by atoms with van der Waals surface area (Å²) in [4.78, 5) is 0. The van der Waals surface area contributed by atoms with Gasteiger partial charge < -0.3 is 9.31 Å². The molecule has 1 aliphatic rings. The molecule has 1 N–H and O–H groups in total. The van der Waals surface area contributed by atoms with Crippen molar-refractivity contribution in [2.75, 3.05) is 11.0 Å². The summed E-state index contributed by atoms with van der Waals surface area (Å²) in [7, 11) is -3.64. The van der Waals surface area contributed by atoms with Crippen molar-refractivity contribution in [1.29, 1.82) is 0 Å². The molecule has 0 radical (unpaired) electrons. The van der Waals surface area contributed by atoms with E-state index in [0.29, 0.717) is 5.69 Å². The van der Waals surface area contributed by atoms with Gasteiger partial charge in [-0.05, 0) is 45.4 Å². The predicted molar refractivity (Wildman–Crippen MR) is 90.0 cm³/mol. The minimum atomic E-state index is -3.25. The third kappa shape index (κ3) is 4.12. The molecular weight excluding hydrogens is 301 g/mol. The number of hydrogen-bond donors (Lipinski definition) is 1. The van der Waals surface area contributed by atoms with Crippen LogP contribution in [0.4, 0.5) is 5.69 Å². The number of benzene rings is 1. The fourth-order valence-corrected chi connectivity index (χ4v) is 2.60. The van der Waals surface area contributed by atoms with Crippen molar-refractivity contribution in [2.45, 2.75) is 38.9 Å². The summed E-state index contributed by atoms with van der Waals surface area (Å²) in [5.74, 6) is 1.86. The van der Waals surface area contributed by atoms with Gasteiger partial charge in [-0.25, -0.2) is 8.42 Å². The first-order valence-corrected chi connectivity index (χ1v) is 8.99. The molecule has 0 bridgehead atoms. The lowest BCUT2D eigenvalue weighted by Gasteiger charge is -2.32. The minimum absolute atomic E-state index is 0.356. The fraction of sp³-hybridized carbons (Fsp3) is 0.467. The number of anilines is 1. The first-order valence-electron chi connectivity index (χ1n) is 7.10. The van der Waals surface area contributed by atoms with Crippen molar-refractivity contribution >= 4 is 28.9 Å². The van der Waals surface area contributed by atoms with Crippen LogP contribution >= 0.6 is 0 Å². The van der Waals surface area contributed by atoms with Gasteiger partial charge in [-0.1, -0.05) is 24.2 Å². The van der Waals surface area contributed by atoms with Crippen molar-refractivity contribution in [3.05, 3.63) is 35.8 Å². The molecule has 2 rings (SSSR count). The molecule has 0 spiro atoms. The average molecular weight is 323 g/mol. The maximum absolute atomic E-state index is 11.1. The number of hydrogen-bond acceptors (Lipinski definition) is 4. The fourth-order valence-electron chi connectivity index (χ4n) is 2.03. The van der Waals surface area contributed by atoms with Crippen LogP contribution < -0.4 is 4.72 Å². The summed E-state index contributed by atoms with van der Waals surface area (Å²) in [5.41, 5.74) is 0.764. The zero-order chi connectivity index (χ0) is 16.6. The van der Waals surface area contributed by atoms with E-state index in [1.165, 1.54) is 0 Å². The highest BCUT2D eigenvalue weighted by Gasteiger charge is 2.49. The van der Waals surface area contributed by atoms with Crippen molar-refractivity contribution in [2.24, 2.45) is 0 Å². The predicted octanol–water partition coefficient (Wildman–Crippen LogP) is 2.70. The van der Waals surface area contributed by atoms with Gasteiger partial charge in [-0.15, -0.1) is 0 Å². The molecule has 0 aliphatic carbocycles. The van der Waals surface area contributed by atoms with Crippen molar-refractivity contribution in [3.63, 3.8) is 0 Å². The Morgan fingerprint density at radius 3 is 2.00 bits per heavy atom. The van der Waals surface area contributed by atoms with Gasteiger partial charge in [-0.2, -0.15) is 0 Å². The Bertz CT molecular complexity index is 649. The zero-order valence-corrected chi connectivity index (χ0v) is 14.4. The summed E-state index contributed by atoms with van der Waals surface area (Å²) in [5, 5.41) is 0. The van der Waals surface area contributed by atoms with Crippen molar-refractivity contribution < 1.29 is 17.7 Å². The van der Waals surface area contributed by atoms with Crippen LogP contribution in [0.2, 0.25) is 0 Å². The second kappa shape index (κ2) is 5.72. The van der Waals surface area contributed by atoms with Crippen LogP contribution in [0.15, 0.2) is 30.2 Å². The molecule has 5 nitrogen and oxygen atoms in total. The van der Waals surface area contributed by atoms with Gasteiger partial charge in [0.25, 0.3) is 0 Å². The van der Waals surface area contributed by atoms with Crippen molar-refractivity contribution in [1.82, 2.24) is 0 Å². The molecule has 0 saturated carbocycles. The molecule has 1 fully saturated rings. The van der Waals surface area contributed by atoms with Gasteiger partial charge in [-0.3, -0.25) is 4.72 Å². The van der Waals surface area contributed by atoms with E-state index in [2.05, 4.69) is 4.72 Å². The van der Waals surface area contributed by atoms with Crippen LogP contribution in [-0.2, 0) is 19.3 Å². The third-order valence-corrected chi connectivity index (χ3v) is 4.54. The summed E-state index contributed by atoms with van der Waals surface area (Å²) in [6.07, 6.45) is 3.02. The summed E-state index contributed by atoms with van der Waals surface area (Å²) in [6, 6.07) is 7.08. The van der Waals surface area contributed by atoms with Crippen LogP contribution in [0.1, 0.15) is 33.3 Å². The van der Waals surface area contributed by atoms with Crippen molar-refractivity contribution in [3.8, 4) is 0 Å². The molecule has 120 valence electrons. The lowest BCUT2D eigenvalue weighted by atomic mass is 9.89. The largest absolute Gasteiger partial charge is 0.487 e. The first kappa shape index (κ1) is 17.1. The lowest BCUT2D eigenvalue weighted by Crippen LogP contribution is -2.41. The molecule has 1 aromatic rings.